The predicted molar refractivity (Wildman–Crippen MR) is 124 cm³/mol. The lowest BCUT2D eigenvalue weighted by Crippen LogP contribution is -2.40. The number of nitrogens with zero attached hydrogens (tertiary/aromatic N) is 3. The van der Waals surface area contributed by atoms with Gasteiger partial charge in [0.25, 0.3) is 11.1 Å². The molecule has 166 valence electrons. The third-order valence-electron chi connectivity index (χ3n) is 5.27. The molecule has 10 heteroatoms. The van der Waals surface area contributed by atoms with E-state index in [1.807, 2.05) is 36.4 Å². The first-order valence-electron chi connectivity index (χ1n) is 9.75. The second kappa shape index (κ2) is 9.33. The van der Waals surface area contributed by atoms with Crippen LogP contribution in [0, 0.1) is 0 Å². The Morgan fingerprint density at radius 2 is 1.84 bits per heavy atom. The molecule has 3 amide bonds. The lowest BCUT2D eigenvalue weighted by Gasteiger charge is -2.24. The first-order chi connectivity index (χ1) is 15.4. The van der Waals surface area contributed by atoms with Crippen molar-refractivity contribution >= 4 is 50.5 Å². The van der Waals surface area contributed by atoms with E-state index in [2.05, 4.69) is 21.0 Å². The van der Waals surface area contributed by atoms with E-state index >= 15 is 0 Å². The highest BCUT2D eigenvalue weighted by atomic mass is 79.9. The first-order valence-corrected chi connectivity index (χ1v) is 11.5. The van der Waals surface area contributed by atoms with Gasteiger partial charge in [-0.05, 0) is 35.4 Å². The molecule has 0 spiro atoms. The zero-order valence-electron chi connectivity index (χ0n) is 17.4. The third kappa shape index (κ3) is 4.37. The monoisotopic (exact) mass is 517 g/mol. The van der Waals surface area contributed by atoms with Crippen molar-refractivity contribution in [3.63, 3.8) is 0 Å². The standard InChI is InChI=1S/C22H20BrN3O5S/c1-30-18-8-5-14(9-19(18)31-2)17-10-16(13-3-6-15(23)7-4-13)24-26(17)20(27)11-25-21(28)12-32-22(25)29/h3-9,17H,10-12H2,1-2H3. The molecular formula is C22H20BrN3O5S. The predicted octanol–water partition coefficient (Wildman–Crippen LogP) is 3.84. The van der Waals surface area contributed by atoms with Crippen molar-refractivity contribution in [1.29, 1.82) is 0 Å². The molecule has 0 aliphatic carbocycles. The summed E-state index contributed by atoms with van der Waals surface area (Å²) in [4.78, 5) is 38.1. The van der Waals surface area contributed by atoms with Gasteiger partial charge in [0.15, 0.2) is 11.5 Å². The van der Waals surface area contributed by atoms with Gasteiger partial charge in [0.2, 0.25) is 5.91 Å². The molecule has 0 saturated carbocycles. The minimum atomic E-state index is -0.430. The maximum atomic E-state index is 13.2. The summed E-state index contributed by atoms with van der Waals surface area (Å²) >= 11 is 4.32. The van der Waals surface area contributed by atoms with Gasteiger partial charge in [0.1, 0.15) is 6.54 Å². The Labute approximate surface area is 197 Å². The highest BCUT2D eigenvalue weighted by Gasteiger charge is 2.38. The lowest BCUT2D eigenvalue weighted by molar-refractivity contribution is -0.137. The molecule has 0 radical (unpaired) electrons. The van der Waals surface area contributed by atoms with Crippen molar-refractivity contribution in [3.05, 3.63) is 58.1 Å². The average molecular weight is 518 g/mol. The number of methoxy groups -OCH3 is 2. The number of amides is 3. The van der Waals surface area contributed by atoms with E-state index in [9.17, 15) is 14.4 Å². The molecule has 0 bridgehead atoms. The van der Waals surface area contributed by atoms with Gasteiger partial charge in [0, 0.05) is 10.9 Å². The van der Waals surface area contributed by atoms with Gasteiger partial charge in [-0.1, -0.05) is 45.9 Å². The number of halogens is 1. The SMILES string of the molecule is COc1ccc(C2CC(c3ccc(Br)cc3)=NN2C(=O)CN2C(=O)CSC2=O)cc1OC. The maximum absolute atomic E-state index is 13.2. The second-order valence-electron chi connectivity index (χ2n) is 7.16. The highest BCUT2D eigenvalue weighted by molar-refractivity contribution is 9.10. The quantitative estimate of drug-likeness (QED) is 0.578. The Morgan fingerprint density at radius 1 is 1.12 bits per heavy atom. The molecule has 1 fully saturated rings. The van der Waals surface area contributed by atoms with Gasteiger partial charge in [-0.15, -0.1) is 0 Å². The van der Waals surface area contributed by atoms with E-state index in [0.717, 1.165) is 38.0 Å². The number of rotatable bonds is 6. The minimum Gasteiger partial charge on any atom is -0.493 e. The van der Waals surface area contributed by atoms with Gasteiger partial charge >= 0.3 is 0 Å². The van der Waals surface area contributed by atoms with Crippen LogP contribution in [0.25, 0.3) is 0 Å². The van der Waals surface area contributed by atoms with Crippen LogP contribution in [-0.2, 0) is 9.59 Å². The number of thioether (sulfide) groups is 1. The van der Waals surface area contributed by atoms with Crippen LogP contribution in [0.1, 0.15) is 23.6 Å². The maximum Gasteiger partial charge on any atom is 0.289 e. The van der Waals surface area contributed by atoms with Gasteiger partial charge in [-0.3, -0.25) is 19.3 Å². The van der Waals surface area contributed by atoms with Crippen LogP contribution in [0.5, 0.6) is 11.5 Å². The van der Waals surface area contributed by atoms with Crippen LogP contribution >= 0.6 is 27.7 Å². The fraction of sp³-hybridized carbons (Fsp3) is 0.273. The number of carbonyl (C=O) groups excluding carboxylic acids is 3. The topological polar surface area (TPSA) is 88.5 Å². The highest BCUT2D eigenvalue weighted by Crippen LogP contribution is 2.37. The van der Waals surface area contributed by atoms with E-state index in [-0.39, 0.29) is 18.2 Å². The molecule has 0 aromatic heterocycles. The van der Waals surface area contributed by atoms with Crippen molar-refractivity contribution < 1.29 is 23.9 Å². The van der Waals surface area contributed by atoms with Crippen molar-refractivity contribution in [2.24, 2.45) is 5.10 Å². The summed E-state index contributed by atoms with van der Waals surface area (Å²) in [5.41, 5.74) is 2.43. The van der Waals surface area contributed by atoms with Crippen molar-refractivity contribution in [2.45, 2.75) is 12.5 Å². The Hall–Kier alpha value is -2.85. The Kier molecular flexibility index (Phi) is 6.52. The molecule has 1 unspecified atom stereocenters. The van der Waals surface area contributed by atoms with E-state index in [4.69, 9.17) is 9.47 Å². The molecule has 1 atom stereocenters. The Balaban J connectivity index is 1.67. The summed E-state index contributed by atoms with van der Waals surface area (Å²) in [6.45, 7) is -0.342. The average Bonchev–Trinajstić information content (AvgIpc) is 3.38. The van der Waals surface area contributed by atoms with Gasteiger partial charge in [0.05, 0.1) is 31.7 Å². The molecular weight excluding hydrogens is 498 g/mol. The summed E-state index contributed by atoms with van der Waals surface area (Å²) in [5.74, 6) is 0.370. The molecule has 2 aliphatic heterocycles. The van der Waals surface area contributed by atoms with E-state index in [1.54, 1.807) is 20.3 Å². The summed E-state index contributed by atoms with van der Waals surface area (Å²) in [6.07, 6.45) is 0.472. The number of hydrogen-bond acceptors (Lipinski definition) is 7. The molecule has 2 aliphatic rings. The van der Waals surface area contributed by atoms with E-state index in [1.165, 1.54) is 5.01 Å². The molecule has 2 aromatic rings. The van der Waals surface area contributed by atoms with Crippen LogP contribution in [-0.4, -0.2) is 59.2 Å². The van der Waals surface area contributed by atoms with Crippen LogP contribution < -0.4 is 9.47 Å². The molecule has 32 heavy (non-hydrogen) atoms. The summed E-state index contributed by atoms with van der Waals surface area (Å²) < 4.78 is 11.7. The smallest absolute Gasteiger partial charge is 0.289 e. The zero-order valence-corrected chi connectivity index (χ0v) is 19.8. The molecule has 1 saturated heterocycles. The Bertz CT molecular complexity index is 1090. The number of hydrazone groups is 1. The summed E-state index contributed by atoms with van der Waals surface area (Å²) in [6, 6.07) is 12.7. The zero-order chi connectivity index (χ0) is 22.8. The number of hydrogen-bond donors (Lipinski definition) is 0. The molecule has 4 rings (SSSR count). The van der Waals surface area contributed by atoms with Gasteiger partial charge < -0.3 is 9.47 Å². The van der Waals surface area contributed by atoms with Crippen LogP contribution in [0.2, 0.25) is 0 Å². The first kappa shape index (κ1) is 22.3. The normalized spacial score (nSPS) is 18.2. The van der Waals surface area contributed by atoms with Crippen molar-refractivity contribution in [2.75, 3.05) is 26.5 Å². The van der Waals surface area contributed by atoms with Crippen molar-refractivity contribution in [3.8, 4) is 11.5 Å². The number of ether oxygens (including phenoxy) is 2. The van der Waals surface area contributed by atoms with Crippen molar-refractivity contribution in [1.82, 2.24) is 9.91 Å². The fourth-order valence-electron chi connectivity index (χ4n) is 3.62. The molecule has 0 N–H and O–H groups in total. The van der Waals surface area contributed by atoms with E-state index < -0.39 is 17.2 Å². The summed E-state index contributed by atoms with van der Waals surface area (Å²) in [5, 5.41) is 5.54. The summed E-state index contributed by atoms with van der Waals surface area (Å²) in [7, 11) is 3.10. The van der Waals surface area contributed by atoms with Crippen LogP contribution in [0.3, 0.4) is 0 Å². The molecule has 2 heterocycles. The number of imide groups is 1. The third-order valence-corrected chi connectivity index (χ3v) is 6.66. The fourth-order valence-corrected chi connectivity index (χ4v) is 4.61. The number of carbonyl (C=O) groups is 3. The second-order valence-corrected chi connectivity index (χ2v) is 9.00. The largest absolute Gasteiger partial charge is 0.493 e. The lowest BCUT2D eigenvalue weighted by atomic mass is 9.98. The van der Waals surface area contributed by atoms with Crippen LogP contribution in [0.4, 0.5) is 4.79 Å². The number of benzene rings is 2. The van der Waals surface area contributed by atoms with Gasteiger partial charge in [-0.2, -0.15) is 5.10 Å². The molecule has 8 nitrogen and oxygen atoms in total. The molecule has 2 aromatic carbocycles. The van der Waals surface area contributed by atoms with Gasteiger partial charge in [-0.25, -0.2) is 5.01 Å². The Morgan fingerprint density at radius 3 is 2.47 bits per heavy atom. The van der Waals surface area contributed by atoms with E-state index in [0.29, 0.717) is 17.9 Å². The van der Waals surface area contributed by atoms with Crippen LogP contribution in [0.15, 0.2) is 52.0 Å². The minimum absolute atomic E-state index is 0.0542.